The molecule has 0 fully saturated rings. The number of fused-ring (bicyclic) bond motifs is 4. The maximum atomic E-state index is 13.3. The van der Waals surface area contributed by atoms with E-state index in [2.05, 4.69) is 20.9 Å². The predicted octanol–water partition coefficient (Wildman–Crippen LogP) is 1.11. The average molecular weight is 483 g/mol. The van der Waals surface area contributed by atoms with Crippen molar-refractivity contribution in [2.75, 3.05) is 9.91 Å². The molecule has 31 heavy (non-hydrogen) atoms. The number of aliphatic imine (C=N–C) groups is 1. The van der Waals surface area contributed by atoms with Crippen LogP contribution in [0.5, 0.6) is 0 Å². The van der Waals surface area contributed by atoms with Gasteiger partial charge in [0.25, 0.3) is 5.56 Å². The lowest BCUT2D eigenvalue weighted by atomic mass is 9.94. The highest BCUT2D eigenvalue weighted by atomic mass is 79.9. The molecule has 0 amide bonds. The first-order valence-electron chi connectivity index (χ1n) is 9.53. The second-order valence-electron chi connectivity index (χ2n) is 7.56. The largest absolute Gasteiger partial charge is 0.362 e. The summed E-state index contributed by atoms with van der Waals surface area (Å²) >= 11 is 3.39. The first-order valence-corrected chi connectivity index (χ1v) is 10.3. The summed E-state index contributed by atoms with van der Waals surface area (Å²) in [6, 6.07) is 14.3. The van der Waals surface area contributed by atoms with E-state index >= 15 is 0 Å². The highest BCUT2D eigenvalue weighted by molar-refractivity contribution is 9.10. The zero-order valence-corrected chi connectivity index (χ0v) is 18.4. The summed E-state index contributed by atoms with van der Waals surface area (Å²) in [6.45, 7) is 0.138. The Balaban J connectivity index is 1.90. The predicted molar refractivity (Wildman–Crippen MR) is 121 cm³/mol. The number of benzene rings is 2. The quantitative estimate of drug-likeness (QED) is 0.502. The van der Waals surface area contributed by atoms with Gasteiger partial charge in [-0.25, -0.2) is 20.6 Å². The van der Waals surface area contributed by atoms with E-state index in [1.165, 1.54) is 16.6 Å². The minimum absolute atomic E-state index is 0.0206. The van der Waals surface area contributed by atoms with Crippen molar-refractivity contribution in [1.29, 1.82) is 0 Å². The van der Waals surface area contributed by atoms with Gasteiger partial charge in [0.15, 0.2) is 0 Å². The molecule has 2 aromatic carbocycles. The fourth-order valence-corrected chi connectivity index (χ4v) is 4.44. The van der Waals surface area contributed by atoms with Gasteiger partial charge < -0.3 is 10.0 Å². The molecule has 2 aliphatic heterocycles. The molecule has 0 saturated heterocycles. The lowest BCUT2D eigenvalue weighted by Crippen LogP contribution is -2.46. The number of anilines is 2. The van der Waals surface area contributed by atoms with Crippen molar-refractivity contribution in [2.24, 2.45) is 24.9 Å². The lowest BCUT2D eigenvalue weighted by molar-refractivity contribution is 0.0875. The number of aliphatic hydroxyl groups is 1. The molecule has 10 heteroatoms. The molecule has 1 unspecified atom stereocenters. The minimum atomic E-state index is -2.06. The van der Waals surface area contributed by atoms with Gasteiger partial charge in [0, 0.05) is 24.1 Å². The molecule has 2 aliphatic rings. The van der Waals surface area contributed by atoms with E-state index in [-0.39, 0.29) is 18.1 Å². The number of para-hydroxylation sites is 2. The third-order valence-corrected chi connectivity index (χ3v) is 6.37. The van der Waals surface area contributed by atoms with Gasteiger partial charge in [-0.2, -0.15) is 0 Å². The number of nitrogens with zero attached hydrogens (tertiary/aromatic N) is 5. The summed E-state index contributed by atoms with van der Waals surface area (Å²) in [5.74, 6) is 6.63. The van der Waals surface area contributed by atoms with Crippen LogP contribution in [0.3, 0.4) is 0 Å². The summed E-state index contributed by atoms with van der Waals surface area (Å²) in [5, 5.41) is 13.4. The number of aromatic nitrogens is 2. The SMILES string of the molecule is Cn1c2c(c(=O)n(C)c1=O)C(O)(c1ccc(Br)cc1)N=C1N(N)c3ccccc3N1C2. The van der Waals surface area contributed by atoms with Crippen LogP contribution in [0, 0.1) is 0 Å². The Labute approximate surface area is 185 Å². The van der Waals surface area contributed by atoms with Gasteiger partial charge in [0.1, 0.15) is 0 Å². The molecule has 0 radical (unpaired) electrons. The van der Waals surface area contributed by atoms with Crippen molar-refractivity contribution < 1.29 is 5.11 Å². The molecule has 9 nitrogen and oxygen atoms in total. The van der Waals surface area contributed by atoms with Crippen molar-refractivity contribution >= 4 is 33.3 Å². The molecule has 3 aromatic rings. The fourth-order valence-electron chi connectivity index (χ4n) is 4.17. The van der Waals surface area contributed by atoms with Gasteiger partial charge in [0.05, 0.1) is 29.2 Å². The molecule has 0 spiro atoms. The monoisotopic (exact) mass is 482 g/mol. The molecule has 0 aliphatic carbocycles. The Morgan fingerprint density at radius 3 is 2.35 bits per heavy atom. The number of nitrogens with two attached hydrogens (primary N) is 1. The van der Waals surface area contributed by atoms with Crippen molar-refractivity contribution in [3.63, 3.8) is 0 Å². The van der Waals surface area contributed by atoms with E-state index in [0.717, 1.165) is 14.7 Å². The van der Waals surface area contributed by atoms with E-state index in [1.807, 2.05) is 24.3 Å². The molecule has 5 rings (SSSR count). The molecule has 3 heterocycles. The Bertz CT molecular complexity index is 1380. The average Bonchev–Trinajstić information content (AvgIpc) is 2.92. The molecule has 1 aromatic heterocycles. The van der Waals surface area contributed by atoms with Crippen LogP contribution < -0.4 is 27.0 Å². The van der Waals surface area contributed by atoms with Crippen LogP contribution >= 0.6 is 15.9 Å². The Morgan fingerprint density at radius 2 is 1.68 bits per heavy atom. The third kappa shape index (κ3) is 2.65. The van der Waals surface area contributed by atoms with Crippen LogP contribution in [0.25, 0.3) is 0 Å². The van der Waals surface area contributed by atoms with Crippen LogP contribution in [-0.2, 0) is 26.4 Å². The van der Waals surface area contributed by atoms with E-state index < -0.39 is 17.0 Å². The molecule has 0 bridgehead atoms. The van der Waals surface area contributed by atoms with Crippen molar-refractivity contribution in [2.45, 2.75) is 12.3 Å². The van der Waals surface area contributed by atoms with Crippen molar-refractivity contribution in [3.8, 4) is 0 Å². The zero-order valence-electron chi connectivity index (χ0n) is 16.8. The lowest BCUT2D eigenvalue weighted by Gasteiger charge is -2.26. The summed E-state index contributed by atoms with van der Waals surface area (Å²) in [4.78, 5) is 32.4. The van der Waals surface area contributed by atoms with E-state index in [1.54, 1.807) is 36.2 Å². The summed E-state index contributed by atoms with van der Waals surface area (Å²) in [5.41, 5.74) is -0.908. The molecule has 1 atom stereocenters. The molecule has 3 N–H and O–H groups in total. The molecular formula is C21H19BrN6O3. The fraction of sp³-hybridized carbons (Fsp3) is 0.190. The number of rotatable bonds is 1. The summed E-state index contributed by atoms with van der Waals surface area (Å²) in [6.07, 6.45) is 0. The highest BCUT2D eigenvalue weighted by Gasteiger charge is 2.45. The van der Waals surface area contributed by atoms with E-state index in [9.17, 15) is 14.7 Å². The first kappa shape index (κ1) is 19.7. The minimum Gasteiger partial charge on any atom is -0.362 e. The van der Waals surface area contributed by atoms with Gasteiger partial charge in [-0.3, -0.25) is 13.9 Å². The standard InChI is InChI=1S/C21H19BrN6O3/c1-25-16-11-27-14-5-3-4-6-15(14)28(23)19(27)24-21(31,12-7-9-13(22)10-8-12)17(16)18(29)26(2)20(25)30/h3-10,31H,11,23H2,1-2H3. The van der Waals surface area contributed by atoms with Crippen LogP contribution in [0.15, 0.2) is 67.6 Å². The van der Waals surface area contributed by atoms with Crippen LogP contribution in [-0.4, -0.2) is 20.2 Å². The van der Waals surface area contributed by atoms with Crippen LogP contribution in [0.1, 0.15) is 16.8 Å². The summed E-state index contributed by atoms with van der Waals surface area (Å²) in [7, 11) is 2.96. The maximum Gasteiger partial charge on any atom is 0.330 e. The topological polar surface area (TPSA) is 109 Å². The first-order chi connectivity index (χ1) is 14.7. The van der Waals surface area contributed by atoms with Gasteiger partial charge in [0.2, 0.25) is 11.7 Å². The number of hydrogen-bond donors (Lipinski definition) is 2. The van der Waals surface area contributed by atoms with Gasteiger partial charge >= 0.3 is 5.69 Å². The third-order valence-electron chi connectivity index (χ3n) is 5.84. The number of hydrogen-bond acceptors (Lipinski definition) is 7. The Kier molecular flexibility index (Phi) is 4.23. The Morgan fingerprint density at radius 1 is 1.03 bits per heavy atom. The normalized spacial score (nSPS) is 19.5. The van der Waals surface area contributed by atoms with Gasteiger partial charge in [-0.05, 0) is 24.3 Å². The number of guanidine groups is 1. The molecule has 0 saturated carbocycles. The van der Waals surface area contributed by atoms with Gasteiger partial charge in [-0.15, -0.1) is 0 Å². The maximum absolute atomic E-state index is 13.3. The van der Waals surface area contributed by atoms with E-state index in [0.29, 0.717) is 16.9 Å². The van der Waals surface area contributed by atoms with Gasteiger partial charge in [-0.1, -0.05) is 40.2 Å². The highest BCUT2D eigenvalue weighted by Crippen LogP contribution is 2.42. The molecular weight excluding hydrogens is 464 g/mol. The van der Waals surface area contributed by atoms with Crippen LogP contribution in [0.4, 0.5) is 11.4 Å². The van der Waals surface area contributed by atoms with Crippen LogP contribution in [0.2, 0.25) is 0 Å². The molecule has 158 valence electrons. The van der Waals surface area contributed by atoms with Crippen molar-refractivity contribution in [1.82, 2.24) is 9.13 Å². The smallest absolute Gasteiger partial charge is 0.330 e. The number of halogens is 1. The second-order valence-corrected chi connectivity index (χ2v) is 8.48. The summed E-state index contributed by atoms with van der Waals surface area (Å²) < 4.78 is 3.17. The van der Waals surface area contributed by atoms with Crippen molar-refractivity contribution in [3.05, 3.63) is 90.7 Å². The second kappa shape index (κ2) is 6.64. The van der Waals surface area contributed by atoms with E-state index in [4.69, 9.17) is 5.84 Å². The number of hydrazine groups is 1. The zero-order chi connectivity index (χ0) is 22.1. The Hall–Kier alpha value is -3.21.